The van der Waals surface area contributed by atoms with Crippen molar-refractivity contribution in [3.05, 3.63) is 65.7 Å². The summed E-state index contributed by atoms with van der Waals surface area (Å²) < 4.78 is 22.7. The number of likely N-dealkylation sites (tertiary alicyclic amines) is 1. The number of carbonyl (C=O) groups excluding carboxylic acids is 9. The largest absolute Gasteiger partial charge is 0.467 e. The quantitative estimate of drug-likeness (QED) is 0.0659. The number of esters is 1. The Morgan fingerprint density at radius 1 is 0.722 bits per heavy atom. The zero-order chi connectivity index (χ0) is 59.4. The number of likely N-dealkylation sites (N-methyl/N-ethyl adjacent to an activating group) is 2. The van der Waals surface area contributed by atoms with Crippen molar-refractivity contribution in [1.29, 1.82) is 0 Å². The molecule has 2 aromatic rings. The van der Waals surface area contributed by atoms with Crippen LogP contribution in [0.15, 0.2) is 54.6 Å². The fraction of sp³-hybridized carbons (Fsp3) is 0.644. The number of amides is 6. The van der Waals surface area contributed by atoms with Gasteiger partial charge in [0.1, 0.15) is 12.6 Å². The molecular formula is C59H91N7O13. The zero-order valence-electron chi connectivity index (χ0n) is 49.4. The number of hydrogen-bond acceptors (Lipinski definition) is 14. The molecule has 6 amide bonds. The standard InChI is InChI=1S/C59H91N7O13/c1-16-36(6)52(49(76-13)32-50(69)66-28-20-23-46(66)53(77-14)38(8)55(71)63-45(58(74)78-15)30-41-21-18-17-19-22-41)64(11)57(73)44(34(2)3)31-48(68)51(35(4)5)65(12)59(75)79-33-42-24-26-43(27-25-42)62-54(70)37(7)29-47(67)40(10)61-56(72)39(9)60/h17-19,21-22,24-27,34-40,44-46,49,51-53H,16,20,23,28-33,60H2,1-15H3,(H,61,72)(H,62,70)(H,63,71)/t36-,37?,38+,39?,40?,44-,45-,46-,49+,51-,52-,53+/m0/s1. The van der Waals surface area contributed by atoms with Gasteiger partial charge in [0.25, 0.3) is 0 Å². The zero-order valence-corrected chi connectivity index (χ0v) is 49.4. The van der Waals surface area contributed by atoms with Gasteiger partial charge in [0, 0.05) is 71.6 Å². The number of nitrogens with two attached hydrogens (primary N) is 1. The van der Waals surface area contributed by atoms with Crippen molar-refractivity contribution in [2.75, 3.05) is 47.3 Å². The first-order valence-electron chi connectivity index (χ1n) is 27.7. The minimum Gasteiger partial charge on any atom is -0.467 e. The Morgan fingerprint density at radius 2 is 1.35 bits per heavy atom. The number of carbonyl (C=O) groups is 9. The van der Waals surface area contributed by atoms with Crippen molar-refractivity contribution in [1.82, 2.24) is 25.3 Å². The molecule has 1 aliphatic heterocycles. The van der Waals surface area contributed by atoms with Crippen LogP contribution in [-0.2, 0) is 70.3 Å². The van der Waals surface area contributed by atoms with E-state index in [9.17, 15) is 43.2 Å². The first-order chi connectivity index (χ1) is 37.2. The Hall–Kier alpha value is -6.25. The third-order valence-corrected chi connectivity index (χ3v) is 15.3. The van der Waals surface area contributed by atoms with Crippen molar-refractivity contribution in [3.63, 3.8) is 0 Å². The first-order valence-corrected chi connectivity index (χ1v) is 27.7. The Labute approximate surface area is 468 Å². The molecule has 3 unspecified atom stereocenters. The van der Waals surface area contributed by atoms with Gasteiger partial charge in [-0.2, -0.15) is 0 Å². The van der Waals surface area contributed by atoms with E-state index in [1.807, 2.05) is 71.9 Å². The number of ether oxygens (including phenoxy) is 4. The highest BCUT2D eigenvalue weighted by molar-refractivity contribution is 5.97. The summed E-state index contributed by atoms with van der Waals surface area (Å²) in [5.74, 6) is -6.03. The van der Waals surface area contributed by atoms with Gasteiger partial charge in [-0.05, 0) is 67.7 Å². The first kappa shape index (κ1) is 67.0. The molecule has 1 aliphatic rings. The maximum Gasteiger partial charge on any atom is 0.410 e. The van der Waals surface area contributed by atoms with Crippen LogP contribution in [0.4, 0.5) is 10.5 Å². The number of benzene rings is 2. The lowest BCUT2D eigenvalue weighted by Crippen LogP contribution is -2.55. The van der Waals surface area contributed by atoms with Crippen LogP contribution in [0.25, 0.3) is 0 Å². The van der Waals surface area contributed by atoms with Crippen molar-refractivity contribution in [3.8, 4) is 0 Å². The SMILES string of the molecule is CC[C@H](C)[C@@H]([C@@H](CC(=O)N1CCC[C@H]1[C@H](OC)[C@@H](C)C(=O)N[C@@H](Cc1ccccc1)C(=O)OC)OC)N(C)C(=O)[C@@H](CC(=O)[C@H](C(C)C)N(C)C(=O)OCc1ccc(NC(=O)C(C)CC(=O)C(C)NC(=O)C(C)N)cc1)C(C)C. The fourth-order valence-corrected chi connectivity index (χ4v) is 10.3. The average Bonchev–Trinajstić information content (AvgIpc) is 3.92. The van der Waals surface area contributed by atoms with Gasteiger partial charge < -0.3 is 55.3 Å². The van der Waals surface area contributed by atoms with Crippen molar-refractivity contribution >= 4 is 58.9 Å². The summed E-state index contributed by atoms with van der Waals surface area (Å²) in [5.41, 5.74) is 7.48. The van der Waals surface area contributed by atoms with Crippen LogP contribution in [0.3, 0.4) is 0 Å². The molecule has 1 heterocycles. The number of nitrogens with zero attached hydrogens (tertiary/aromatic N) is 3. The van der Waals surface area contributed by atoms with Crippen LogP contribution in [-0.4, -0.2) is 158 Å². The summed E-state index contributed by atoms with van der Waals surface area (Å²) in [6, 6.07) is 11.4. The van der Waals surface area contributed by atoms with Gasteiger partial charge in [0.05, 0.1) is 61.9 Å². The maximum absolute atomic E-state index is 14.8. The second-order valence-corrected chi connectivity index (χ2v) is 22.0. The van der Waals surface area contributed by atoms with E-state index in [4.69, 9.17) is 24.7 Å². The maximum atomic E-state index is 14.8. The molecule has 440 valence electrons. The number of anilines is 1. The minimum absolute atomic E-state index is 0.0752. The van der Waals surface area contributed by atoms with Gasteiger partial charge in [-0.15, -0.1) is 0 Å². The van der Waals surface area contributed by atoms with Crippen molar-refractivity contribution in [2.45, 2.75) is 169 Å². The molecule has 2 aromatic carbocycles. The van der Waals surface area contributed by atoms with E-state index in [1.165, 1.54) is 47.1 Å². The Balaban J connectivity index is 1.69. The topological polar surface area (TPSA) is 262 Å². The van der Waals surface area contributed by atoms with E-state index in [1.54, 1.807) is 55.0 Å². The second kappa shape index (κ2) is 32.1. The summed E-state index contributed by atoms with van der Waals surface area (Å²) in [6.07, 6.45) is -0.412. The highest BCUT2D eigenvalue weighted by Crippen LogP contribution is 2.31. The third kappa shape index (κ3) is 19.2. The monoisotopic (exact) mass is 1110 g/mol. The van der Waals surface area contributed by atoms with Gasteiger partial charge in [0.15, 0.2) is 11.6 Å². The molecule has 1 saturated heterocycles. The molecular weight excluding hydrogens is 1010 g/mol. The van der Waals surface area contributed by atoms with Gasteiger partial charge in [-0.25, -0.2) is 9.59 Å². The molecule has 0 bridgehead atoms. The third-order valence-electron chi connectivity index (χ3n) is 15.3. The van der Waals surface area contributed by atoms with Crippen LogP contribution in [0.1, 0.15) is 119 Å². The fourth-order valence-electron chi connectivity index (χ4n) is 10.3. The summed E-state index contributed by atoms with van der Waals surface area (Å²) in [5, 5.41) is 8.17. The van der Waals surface area contributed by atoms with Crippen LogP contribution in [0.5, 0.6) is 0 Å². The highest BCUT2D eigenvalue weighted by Gasteiger charge is 2.44. The number of methoxy groups -OCH3 is 3. The highest BCUT2D eigenvalue weighted by atomic mass is 16.6. The molecule has 0 spiro atoms. The lowest BCUT2D eigenvalue weighted by Gasteiger charge is -2.41. The van der Waals surface area contributed by atoms with Gasteiger partial charge in [-0.3, -0.25) is 33.6 Å². The molecule has 20 heteroatoms. The molecule has 0 radical (unpaired) electrons. The Kier molecular flexibility index (Phi) is 27.2. The lowest BCUT2D eigenvalue weighted by molar-refractivity contribution is -0.150. The van der Waals surface area contributed by atoms with Crippen molar-refractivity contribution in [2.24, 2.45) is 41.2 Å². The summed E-state index contributed by atoms with van der Waals surface area (Å²) in [6.45, 7) is 18.0. The van der Waals surface area contributed by atoms with E-state index in [-0.39, 0.29) is 73.4 Å². The molecule has 5 N–H and O–H groups in total. The van der Waals surface area contributed by atoms with E-state index in [0.29, 0.717) is 37.1 Å². The molecule has 1 fully saturated rings. The van der Waals surface area contributed by atoms with E-state index < -0.39 is 96.0 Å². The number of rotatable bonds is 31. The minimum atomic E-state index is -0.937. The summed E-state index contributed by atoms with van der Waals surface area (Å²) in [7, 11) is 7.45. The molecule has 0 aliphatic carbocycles. The molecule has 79 heavy (non-hydrogen) atoms. The summed E-state index contributed by atoms with van der Waals surface area (Å²) in [4.78, 5) is 126. The van der Waals surface area contributed by atoms with Crippen LogP contribution < -0.4 is 21.7 Å². The van der Waals surface area contributed by atoms with Crippen molar-refractivity contribution < 1.29 is 62.1 Å². The average molecular weight is 1110 g/mol. The second-order valence-electron chi connectivity index (χ2n) is 22.0. The van der Waals surface area contributed by atoms with Gasteiger partial charge >= 0.3 is 12.1 Å². The number of ketones is 2. The predicted octanol–water partition coefficient (Wildman–Crippen LogP) is 5.72. The molecule has 0 saturated carbocycles. The van der Waals surface area contributed by atoms with Gasteiger partial charge in [0.2, 0.25) is 29.5 Å². The Bertz CT molecular complexity index is 2350. The Morgan fingerprint density at radius 3 is 1.90 bits per heavy atom. The lowest BCUT2D eigenvalue weighted by atomic mass is 9.83. The van der Waals surface area contributed by atoms with E-state index in [0.717, 1.165) is 5.56 Å². The normalized spacial score (nSPS) is 17.6. The van der Waals surface area contributed by atoms with Crippen LogP contribution in [0, 0.1) is 35.5 Å². The smallest absolute Gasteiger partial charge is 0.410 e. The molecule has 12 atom stereocenters. The van der Waals surface area contributed by atoms with E-state index >= 15 is 0 Å². The summed E-state index contributed by atoms with van der Waals surface area (Å²) >= 11 is 0. The van der Waals surface area contributed by atoms with Crippen LogP contribution in [0.2, 0.25) is 0 Å². The molecule has 3 rings (SSSR count). The number of nitrogens with one attached hydrogen (secondary N) is 3. The predicted molar refractivity (Wildman–Crippen MR) is 300 cm³/mol. The molecule has 20 nitrogen and oxygen atoms in total. The van der Waals surface area contributed by atoms with E-state index in [2.05, 4.69) is 16.0 Å². The van der Waals surface area contributed by atoms with Gasteiger partial charge in [-0.1, -0.05) is 104 Å². The van der Waals surface area contributed by atoms with Crippen LogP contribution >= 0.6 is 0 Å². The molecule has 0 aromatic heterocycles. The number of hydrogen-bond donors (Lipinski definition) is 4. The number of Topliss-reactive ketones (excluding diaryl/α,β-unsaturated/α-hetero) is 2.